The molecule has 0 aliphatic carbocycles. The molecule has 0 aromatic rings. The molecule has 0 bridgehead atoms. The number of nitriles is 1. The van der Waals surface area contributed by atoms with E-state index in [0.29, 0.717) is 30.9 Å². The normalized spacial score (nSPS) is 10.9. The Morgan fingerprint density at radius 2 is 1.41 bits per heavy atom. The zero-order chi connectivity index (χ0) is 23.5. The minimum absolute atomic E-state index is 0.184. The summed E-state index contributed by atoms with van der Waals surface area (Å²) in [5.74, 6) is 2.70. The van der Waals surface area contributed by atoms with E-state index < -0.39 is 7.50 Å². The largest absolute Gasteiger partial charge is 0.396 e. The Kier molecular flexibility index (Phi) is 42.9. The fraction of sp³-hybridized carbons (Fsp3) is 0.952. The lowest BCUT2D eigenvalue weighted by atomic mass is 10.3. The number of hydrogen-bond donors (Lipinski definition) is 3. The monoisotopic (exact) mass is 488 g/mol. The predicted octanol–water partition coefficient (Wildman–Crippen LogP) is 7.45. The molecular formula is C21H49N2O2PS3. The van der Waals surface area contributed by atoms with Gasteiger partial charge in [0.1, 0.15) is 0 Å². The molecule has 4 nitrogen and oxygen atoms in total. The van der Waals surface area contributed by atoms with Crippen molar-refractivity contribution in [3.05, 3.63) is 0 Å². The molecule has 178 valence electrons. The molecule has 0 saturated carbocycles. The second-order valence-electron chi connectivity index (χ2n) is 6.55. The van der Waals surface area contributed by atoms with E-state index in [1.165, 1.54) is 19.3 Å². The SMILES string of the molecule is CCCC.CCCS.CCCSP(OCCC#N)N(C(C)C)C(C)C.OCCS. The van der Waals surface area contributed by atoms with E-state index >= 15 is 0 Å². The van der Waals surface area contributed by atoms with Gasteiger partial charge in [0.15, 0.2) is 7.50 Å². The zero-order valence-electron chi connectivity index (χ0n) is 20.2. The summed E-state index contributed by atoms with van der Waals surface area (Å²) in [6.45, 7) is 18.2. The lowest BCUT2D eigenvalue weighted by Crippen LogP contribution is -2.32. The Hall–Kier alpha value is 0.850. The van der Waals surface area contributed by atoms with Gasteiger partial charge in [0.2, 0.25) is 0 Å². The third kappa shape index (κ3) is 33.7. The molecule has 1 N–H and O–H groups in total. The fourth-order valence-electron chi connectivity index (χ4n) is 1.48. The average molecular weight is 489 g/mol. The van der Waals surface area contributed by atoms with Gasteiger partial charge >= 0.3 is 0 Å². The number of nitrogens with zero attached hydrogens (tertiary/aromatic N) is 2. The van der Waals surface area contributed by atoms with E-state index in [2.05, 4.69) is 91.4 Å². The smallest absolute Gasteiger partial charge is 0.169 e. The van der Waals surface area contributed by atoms with Crippen molar-refractivity contribution in [3.63, 3.8) is 0 Å². The molecule has 0 rings (SSSR count). The van der Waals surface area contributed by atoms with Crippen LogP contribution in [-0.4, -0.2) is 52.3 Å². The van der Waals surface area contributed by atoms with E-state index in [1.807, 2.05) is 11.4 Å². The molecule has 1 atom stereocenters. The van der Waals surface area contributed by atoms with Crippen molar-refractivity contribution in [1.29, 1.82) is 5.26 Å². The van der Waals surface area contributed by atoms with Crippen LogP contribution in [0.1, 0.15) is 87.5 Å². The summed E-state index contributed by atoms with van der Waals surface area (Å²) in [4.78, 5) is 0. The van der Waals surface area contributed by atoms with Gasteiger partial charge < -0.3 is 9.63 Å². The maximum absolute atomic E-state index is 8.57. The van der Waals surface area contributed by atoms with Gasteiger partial charge in [-0.3, -0.25) is 0 Å². The lowest BCUT2D eigenvalue weighted by molar-refractivity contribution is 0.266. The van der Waals surface area contributed by atoms with E-state index in [0.717, 1.165) is 17.9 Å². The van der Waals surface area contributed by atoms with Crippen LogP contribution in [0.2, 0.25) is 0 Å². The number of hydrogen-bond acceptors (Lipinski definition) is 7. The van der Waals surface area contributed by atoms with Crippen molar-refractivity contribution in [2.24, 2.45) is 0 Å². The summed E-state index contributed by atoms with van der Waals surface area (Å²) in [7, 11) is -0.622. The summed E-state index contributed by atoms with van der Waals surface area (Å²) >= 11 is 9.49. The van der Waals surface area contributed by atoms with Crippen molar-refractivity contribution >= 4 is 44.1 Å². The average Bonchev–Trinajstić information content (AvgIpc) is 2.71. The van der Waals surface area contributed by atoms with Crippen LogP contribution < -0.4 is 0 Å². The highest BCUT2D eigenvalue weighted by Crippen LogP contribution is 2.56. The summed E-state index contributed by atoms with van der Waals surface area (Å²) in [5.41, 5.74) is 0. The van der Waals surface area contributed by atoms with Crippen LogP contribution in [0, 0.1) is 11.3 Å². The Morgan fingerprint density at radius 3 is 1.66 bits per heavy atom. The van der Waals surface area contributed by atoms with Gasteiger partial charge in [0.05, 0.1) is 25.7 Å². The van der Waals surface area contributed by atoms with E-state index in [1.54, 1.807) is 0 Å². The van der Waals surface area contributed by atoms with Crippen molar-refractivity contribution in [3.8, 4) is 6.07 Å². The molecule has 0 aliphatic rings. The third-order valence-corrected chi connectivity index (χ3v) is 8.15. The molecular weight excluding hydrogens is 439 g/mol. The first-order valence-electron chi connectivity index (χ1n) is 10.8. The van der Waals surface area contributed by atoms with Gasteiger partial charge in [-0.25, -0.2) is 4.67 Å². The van der Waals surface area contributed by atoms with Gasteiger partial charge in [-0.05, 0) is 46.3 Å². The zero-order valence-corrected chi connectivity index (χ0v) is 23.7. The second-order valence-corrected chi connectivity index (χ2v) is 11.0. The van der Waals surface area contributed by atoms with Crippen LogP contribution in [0.5, 0.6) is 0 Å². The first kappa shape index (κ1) is 37.2. The topological polar surface area (TPSA) is 56.5 Å². The Bertz CT molecular complexity index is 297. The minimum Gasteiger partial charge on any atom is -0.396 e. The molecule has 0 spiro atoms. The van der Waals surface area contributed by atoms with Gasteiger partial charge in [0, 0.05) is 23.6 Å². The second kappa shape index (κ2) is 33.5. The van der Waals surface area contributed by atoms with Gasteiger partial charge in [-0.15, -0.1) is 0 Å². The maximum atomic E-state index is 8.57. The first-order valence-corrected chi connectivity index (χ1v) is 14.9. The van der Waals surface area contributed by atoms with Gasteiger partial charge in [-0.1, -0.05) is 51.9 Å². The maximum Gasteiger partial charge on any atom is 0.169 e. The Balaban J connectivity index is -0.000000212. The van der Waals surface area contributed by atoms with Gasteiger partial charge in [0.25, 0.3) is 0 Å². The molecule has 29 heavy (non-hydrogen) atoms. The molecule has 0 radical (unpaired) electrons. The van der Waals surface area contributed by atoms with E-state index in [-0.39, 0.29) is 6.61 Å². The van der Waals surface area contributed by atoms with Crippen molar-refractivity contribution in [2.45, 2.75) is 99.6 Å². The quantitative estimate of drug-likeness (QED) is 0.151. The summed E-state index contributed by atoms with van der Waals surface area (Å²) in [6.07, 6.45) is 5.47. The third-order valence-electron chi connectivity index (χ3n) is 2.89. The Morgan fingerprint density at radius 1 is 0.966 bits per heavy atom. The van der Waals surface area contributed by atoms with Crippen LogP contribution in [0.25, 0.3) is 0 Å². The number of aliphatic hydroxyl groups is 1. The van der Waals surface area contributed by atoms with Crippen LogP contribution >= 0.6 is 44.1 Å². The molecule has 0 aliphatic heterocycles. The van der Waals surface area contributed by atoms with Crippen LogP contribution in [0.4, 0.5) is 0 Å². The highest BCUT2D eigenvalue weighted by atomic mass is 32.7. The fourth-order valence-corrected chi connectivity index (χ4v) is 6.16. The molecule has 0 aromatic carbocycles. The molecule has 8 heteroatoms. The lowest BCUT2D eigenvalue weighted by Gasteiger charge is -2.36. The van der Waals surface area contributed by atoms with Crippen molar-refractivity contribution < 1.29 is 9.63 Å². The standard InChI is InChI=1S/C12H25N2OPS.C4H10.C3H8S.C2H6OS/c1-6-10-17-16(15-9-7-8-13)14(11(2)3)12(4)5;1-3-4-2;1-2-3-4;3-1-2-4/h11-12H,6-7,9-10H2,1-5H3;3-4H2,1-2H3;4H,2-3H2,1H3;3-4H,1-2H2. The number of aliphatic hydroxyl groups excluding tert-OH is 1. The van der Waals surface area contributed by atoms with E-state index in [9.17, 15) is 0 Å². The number of thiol groups is 2. The summed E-state index contributed by atoms with van der Waals surface area (Å²) < 4.78 is 8.32. The van der Waals surface area contributed by atoms with Crippen LogP contribution in [-0.2, 0) is 4.52 Å². The van der Waals surface area contributed by atoms with Gasteiger partial charge in [-0.2, -0.15) is 30.5 Å². The predicted molar refractivity (Wildman–Crippen MR) is 144 cm³/mol. The van der Waals surface area contributed by atoms with Crippen LogP contribution in [0.15, 0.2) is 0 Å². The summed E-state index contributed by atoms with van der Waals surface area (Å²) in [5, 5.41) is 16.4. The first-order chi connectivity index (χ1) is 13.8. The molecule has 0 aromatic heterocycles. The number of unbranched alkanes of at least 4 members (excludes halogenated alkanes) is 1. The number of rotatable bonds is 12. The minimum atomic E-state index is -0.622. The molecule has 0 saturated heterocycles. The van der Waals surface area contributed by atoms with Crippen LogP contribution in [0.3, 0.4) is 0 Å². The molecule has 1 unspecified atom stereocenters. The highest BCUT2D eigenvalue weighted by molar-refractivity contribution is 8.53. The molecule has 0 heterocycles. The Labute approximate surface area is 199 Å². The molecule has 0 amide bonds. The highest BCUT2D eigenvalue weighted by Gasteiger charge is 2.25. The van der Waals surface area contributed by atoms with Crippen molar-refractivity contribution in [2.75, 3.05) is 30.5 Å². The van der Waals surface area contributed by atoms with E-state index in [4.69, 9.17) is 14.9 Å². The molecule has 0 fully saturated rings. The van der Waals surface area contributed by atoms with Crippen molar-refractivity contribution in [1.82, 2.24) is 4.67 Å². The summed E-state index contributed by atoms with van der Waals surface area (Å²) in [6, 6.07) is 3.09.